The highest BCUT2D eigenvalue weighted by Gasteiger charge is 2.47. The van der Waals surface area contributed by atoms with E-state index in [9.17, 15) is 23.1 Å². The zero-order chi connectivity index (χ0) is 16.8. The molecule has 1 saturated carbocycles. The molecule has 0 spiro atoms. The minimum Gasteiger partial charge on any atom is -0.393 e. The van der Waals surface area contributed by atoms with Crippen LogP contribution in [-0.4, -0.2) is 35.1 Å². The summed E-state index contributed by atoms with van der Waals surface area (Å²) in [5.41, 5.74) is -0.0760. The molecule has 1 aliphatic carbocycles. The Labute approximate surface area is 133 Å². The zero-order valence-corrected chi connectivity index (χ0v) is 12.9. The summed E-state index contributed by atoms with van der Waals surface area (Å²) in [6, 6.07) is 5.27. The number of hydrogen-bond acceptors (Lipinski definition) is 2. The first kappa shape index (κ1) is 16.3. The van der Waals surface area contributed by atoms with Gasteiger partial charge in [-0.15, -0.1) is 0 Å². The molecule has 1 aromatic carbocycles. The molecule has 3 rings (SSSR count). The van der Waals surface area contributed by atoms with Crippen LogP contribution in [0.15, 0.2) is 24.3 Å². The van der Waals surface area contributed by atoms with Crippen molar-refractivity contribution in [2.45, 2.75) is 38.0 Å². The highest BCUT2D eigenvalue weighted by Crippen LogP contribution is 2.49. The van der Waals surface area contributed by atoms with Crippen LogP contribution in [0.4, 0.5) is 13.2 Å². The summed E-state index contributed by atoms with van der Waals surface area (Å²) in [6.45, 7) is 2.89. The lowest BCUT2D eigenvalue weighted by molar-refractivity contribution is -0.137. The molecule has 0 aromatic heterocycles. The Morgan fingerprint density at radius 2 is 2.13 bits per heavy atom. The minimum atomic E-state index is -4.36. The highest BCUT2D eigenvalue weighted by molar-refractivity contribution is 5.83. The van der Waals surface area contributed by atoms with Gasteiger partial charge in [-0.05, 0) is 37.3 Å². The van der Waals surface area contributed by atoms with E-state index in [0.717, 1.165) is 18.6 Å². The monoisotopic (exact) mass is 327 g/mol. The summed E-state index contributed by atoms with van der Waals surface area (Å²) in [4.78, 5) is 14.2. The van der Waals surface area contributed by atoms with Crippen LogP contribution in [0, 0.1) is 11.8 Å². The molecule has 4 atom stereocenters. The molecule has 0 radical (unpaired) electrons. The van der Waals surface area contributed by atoms with Crippen LogP contribution in [0.5, 0.6) is 0 Å². The Kier molecular flexibility index (Phi) is 4.12. The standard InChI is InChI=1S/C17H20F3NO2/c1-10(22)12-5-6-21(9-12)16(23)15-8-14(15)11-3-2-4-13(7-11)17(18,19)20/h2-4,7,10,12,14-15,22H,5-6,8-9H2,1H3. The van der Waals surface area contributed by atoms with Crippen molar-refractivity contribution >= 4 is 5.91 Å². The second-order valence-corrected chi connectivity index (χ2v) is 6.65. The average Bonchev–Trinajstić information content (AvgIpc) is 3.13. The summed E-state index contributed by atoms with van der Waals surface area (Å²) < 4.78 is 38.3. The minimum absolute atomic E-state index is 0.00978. The molecule has 0 bridgehead atoms. The molecule has 4 unspecified atom stereocenters. The van der Waals surface area contributed by atoms with Gasteiger partial charge < -0.3 is 10.0 Å². The summed E-state index contributed by atoms with van der Waals surface area (Å²) in [5.74, 6) is -0.220. The maximum Gasteiger partial charge on any atom is 0.416 e. The predicted molar refractivity (Wildman–Crippen MR) is 78.7 cm³/mol. The van der Waals surface area contributed by atoms with Gasteiger partial charge in [0.15, 0.2) is 0 Å². The van der Waals surface area contributed by atoms with Gasteiger partial charge in [-0.25, -0.2) is 0 Å². The summed E-state index contributed by atoms with van der Waals surface area (Å²) in [7, 11) is 0. The van der Waals surface area contributed by atoms with Crippen LogP contribution >= 0.6 is 0 Å². The van der Waals surface area contributed by atoms with Crippen molar-refractivity contribution in [1.82, 2.24) is 4.90 Å². The first-order valence-corrected chi connectivity index (χ1v) is 7.91. The Morgan fingerprint density at radius 3 is 2.74 bits per heavy atom. The van der Waals surface area contributed by atoms with E-state index in [0.29, 0.717) is 25.1 Å². The Bertz CT molecular complexity index is 600. The van der Waals surface area contributed by atoms with Gasteiger partial charge in [0, 0.05) is 24.9 Å². The number of aliphatic hydroxyl groups is 1. The maximum absolute atomic E-state index is 12.8. The number of rotatable bonds is 3. The van der Waals surface area contributed by atoms with Crippen molar-refractivity contribution in [2.24, 2.45) is 11.8 Å². The van der Waals surface area contributed by atoms with Crippen LogP contribution in [0.25, 0.3) is 0 Å². The van der Waals surface area contributed by atoms with Crippen LogP contribution in [0.2, 0.25) is 0 Å². The Morgan fingerprint density at radius 1 is 1.39 bits per heavy atom. The molecule has 1 amide bonds. The van der Waals surface area contributed by atoms with Crippen molar-refractivity contribution < 1.29 is 23.1 Å². The number of amides is 1. The number of alkyl halides is 3. The van der Waals surface area contributed by atoms with Crippen LogP contribution < -0.4 is 0 Å². The Hall–Kier alpha value is -1.56. The van der Waals surface area contributed by atoms with Crippen molar-refractivity contribution in [3.8, 4) is 0 Å². The topological polar surface area (TPSA) is 40.5 Å². The molecular weight excluding hydrogens is 307 g/mol. The van der Waals surface area contributed by atoms with Crippen molar-refractivity contribution in [2.75, 3.05) is 13.1 Å². The third kappa shape index (κ3) is 3.37. The van der Waals surface area contributed by atoms with E-state index >= 15 is 0 Å². The lowest BCUT2D eigenvalue weighted by Gasteiger charge is -2.18. The number of carbonyl (C=O) groups is 1. The molecule has 1 N–H and O–H groups in total. The molecule has 1 saturated heterocycles. The summed E-state index contributed by atoms with van der Waals surface area (Å²) in [6.07, 6.45) is -3.41. The molecule has 6 heteroatoms. The lowest BCUT2D eigenvalue weighted by atomic mass is 10.0. The van der Waals surface area contributed by atoms with E-state index in [-0.39, 0.29) is 23.7 Å². The van der Waals surface area contributed by atoms with E-state index in [1.165, 1.54) is 6.07 Å². The fourth-order valence-corrected chi connectivity index (χ4v) is 3.40. The van der Waals surface area contributed by atoms with Gasteiger partial charge in [0.1, 0.15) is 0 Å². The fraction of sp³-hybridized carbons (Fsp3) is 0.588. The van der Waals surface area contributed by atoms with Crippen LogP contribution in [-0.2, 0) is 11.0 Å². The average molecular weight is 327 g/mol. The molecule has 2 fully saturated rings. The highest BCUT2D eigenvalue weighted by atomic mass is 19.4. The fourth-order valence-electron chi connectivity index (χ4n) is 3.40. The number of hydrogen-bond donors (Lipinski definition) is 1. The third-order valence-electron chi connectivity index (χ3n) is 4.97. The van der Waals surface area contributed by atoms with E-state index < -0.39 is 17.8 Å². The molecule has 126 valence electrons. The number of benzene rings is 1. The van der Waals surface area contributed by atoms with Gasteiger partial charge in [-0.3, -0.25) is 4.79 Å². The summed E-state index contributed by atoms with van der Waals surface area (Å²) >= 11 is 0. The number of carbonyl (C=O) groups excluding carboxylic acids is 1. The van der Waals surface area contributed by atoms with E-state index in [2.05, 4.69) is 0 Å². The van der Waals surface area contributed by atoms with Crippen molar-refractivity contribution in [3.05, 3.63) is 35.4 Å². The zero-order valence-electron chi connectivity index (χ0n) is 12.9. The first-order valence-electron chi connectivity index (χ1n) is 7.91. The SMILES string of the molecule is CC(O)C1CCN(C(=O)C2CC2c2cccc(C(F)(F)F)c2)C1. The second-order valence-electron chi connectivity index (χ2n) is 6.65. The lowest BCUT2D eigenvalue weighted by Crippen LogP contribution is -2.31. The largest absolute Gasteiger partial charge is 0.416 e. The van der Waals surface area contributed by atoms with Gasteiger partial charge in [-0.1, -0.05) is 18.2 Å². The normalized spacial score (nSPS) is 28.7. The first-order chi connectivity index (χ1) is 10.8. The van der Waals surface area contributed by atoms with E-state index in [4.69, 9.17) is 0 Å². The van der Waals surface area contributed by atoms with Gasteiger partial charge in [0.05, 0.1) is 11.7 Å². The van der Waals surface area contributed by atoms with Gasteiger partial charge in [0.2, 0.25) is 5.91 Å². The number of aliphatic hydroxyl groups excluding tert-OH is 1. The quantitative estimate of drug-likeness (QED) is 0.927. The van der Waals surface area contributed by atoms with E-state index in [1.807, 2.05) is 0 Å². The molecule has 1 aromatic rings. The van der Waals surface area contributed by atoms with Gasteiger partial charge >= 0.3 is 6.18 Å². The second kappa shape index (κ2) is 5.82. The predicted octanol–water partition coefficient (Wildman–Crippen LogP) is 3.04. The van der Waals surface area contributed by atoms with Crippen molar-refractivity contribution in [3.63, 3.8) is 0 Å². The smallest absolute Gasteiger partial charge is 0.393 e. The number of halogens is 3. The molecule has 1 heterocycles. The summed E-state index contributed by atoms with van der Waals surface area (Å²) in [5, 5.41) is 9.60. The molecule has 23 heavy (non-hydrogen) atoms. The number of likely N-dealkylation sites (tertiary alicyclic amines) is 1. The number of nitrogens with zero attached hydrogens (tertiary/aromatic N) is 1. The van der Waals surface area contributed by atoms with Gasteiger partial charge in [0.25, 0.3) is 0 Å². The third-order valence-corrected chi connectivity index (χ3v) is 4.97. The molecule has 1 aliphatic heterocycles. The van der Waals surface area contributed by atoms with Crippen LogP contribution in [0.1, 0.15) is 36.8 Å². The van der Waals surface area contributed by atoms with E-state index in [1.54, 1.807) is 17.9 Å². The van der Waals surface area contributed by atoms with Crippen molar-refractivity contribution in [1.29, 1.82) is 0 Å². The van der Waals surface area contributed by atoms with Gasteiger partial charge in [-0.2, -0.15) is 13.2 Å². The molecular formula is C17H20F3NO2. The molecule has 3 nitrogen and oxygen atoms in total. The maximum atomic E-state index is 12.8. The van der Waals surface area contributed by atoms with Crippen LogP contribution in [0.3, 0.4) is 0 Å². The molecule has 2 aliphatic rings. The Balaban J connectivity index is 1.65.